The van der Waals surface area contributed by atoms with Crippen LogP contribution in [0.25, 0.3) is 0 Å². The molecule has 0 unspecified atom stereocenters. The van der Waals surface area contributed by atoms with Gasteiger partial charge in [-0.1, -0.05) is 6.92 Å². The van der Waals surface area contributed by atoms with Gasteiger partial charge in [-0.2, -0.15) is 4.98 Å². The number of anilines is 2. The van der Waals surface area contributed by atoms with Crippen LogP contribution in [0.2, 0.25) is 0 Å². The Morgan fingerprint density at radius 3 is 2.75 bits per heavy atom. The molecule has 0 aliphatic carbocycles. The highest BCUT2D eigenvalue weighted by Crippen LogP contribution is 2.25. The monoisotopic (exact) mass is 343 g/mol. The molecule has 1 aromatic rings. The molecule has 6 nitrogen and oxygen atoms in total. The fourth-order valence-corrected chi connectivity index (χ4v) is 2.67. The van der Waals surface area contributed by atoms with Crippen LogP contribution in [0.4, 0.5) is 11.8 Å². The second-order valence-electron chi connectivity index (χ2n) is 4.84. The predicted molar refractivity (Wildman–Crippen MR) is 84.3 cm³/mol. The van der Waals surface area contributed by atoms with Crippen LogP contribution in [0.3, 0.4) is 0 Å². The van der Waals surface area contributed by atoms with Crippen LogP contribution in [0.15, 0.2) is 10.7 Å². The molecule has 1 saturated heterocycles. The van der Waals surface area contributed by atoms with Crippen molar-refractivity contribution in [1.82, 2.24) is 14.9 Å². The number of aliphatic hydroxyl groups excluding tert-OH is 1. The molecule has 2 heterocycles. The van der Waals surface area contributed by atoms with Gasteiger partial charge in [-0.3, -0.25) is 4.90 Å². The molecule has 112 valence electrons. The molecule has 7 heteroatoms. The van der Waals surface area contributed by atoms with Gasteiger partial charge >= 0.3 is 0 Å². The number of aromatic nitrogens is 2. The summed E-state index contributed by atoms with van der Waals surface area (Å²) in [5.41, 5.74) is 0. The first-order chi connectivity index (χ1) is 9.74. The first-order valence-electron chi connectivity index (χ1n) is 7.09. The van der Waals surface area contributed by atoms with Crippen LogP contribution in [0.1, 0.15) is 13.3 Å². The van der Waals surface area contributed by atoms with Crippen LogP contribution in [-0.2, 0) is 0 Å². The average Bonchev–Trinajstić information content (AvgIpc) is 2.48. The Kier molecular flexibility index (Phi) is 6.00. The van der Waals surface area contributed by atoms with E-state index in [-0.39, 0.29) is 6.61 Å². The summed E-state index contributed by atoms with van der Waals surface area (Å²) in [6, 6.07) is 0. The maximum Gasteiger partial charge on any atom is 0.224 e. The second-order valence-corrected chi connectivity index (χ2v) is 5.70. The summed E-state index contributed by atoms with van der Waals surface area (Å²) in [5.74, 6) is 1.63. The van der Waals surface area contributed by atoms with Gasteiger partial charge in [0.05, 0.1) is 11.1 Å². The van der Waals surface area contributed by atoms with E-state index in [4.69, 9.17) is 5.11 Å². The Bertz CT molecular complexity index is 423. The maximum atomic E-state index is 8.97. The molecule has 1 aliphatic rings. The highest BCUT2D eigenvalue weighted by atomic mass is 79.9. The minimum Gasteiger partial charge on any atom is -0.395 e. The number of β-amino-alcohol motifs (C(OH)–C–C–N with tert-alkyl or cyclic N) is 1. The molecule has 1 fully saturated rings. The van der Waals surface area contributed by atoms with Gasteiger partial charge in [-0.25, -0.2) is 4.98 Å². The Hall–Kier alpha value is -0.920. The molecule has 20 heavy (non-hydrogen) atoms. The number of hydrogen-bond donors (Lipinski definition) is 2. The lowest BCUT2D eigenvalue weighted by atomic mass is 10.3. The number of piperazine rings is 1. The fourth-order valence-electron chi connectivity index (χ4n) is 2.23. The summed E-state index contributed by atoms with van der Waals surface area (Å²) in [5, 5.41) is 12.2. The SMILES string of the molecule is CCCNc1ncc(Br)c(N2CCN(CCO)CC2)n1. The minimum atomic E-state index is 0.224. The number of nitrogens with zero attached hydrogens (tertiary/aromatic N) is 4. The zero-order valence-corrected chi connectivity index (χ0v) is 13.4. The van der Waals surface area contributed by atoms with Crippen LogP contribution < -0.4 is 10.2 Å². The Labute approximate surface area is 128 Å². The van der Waals surface area contributed by atoms with Gasteiger partial charge < -0.3 is 15.3 Å². The molecule has 2 rings (SSSR count). The van der Waals surface area contributed by atoms with Crippen molar-refractivity contribution in [1.29, 1.82) is 0 Å². The summed E-state index contributed by atoms with van der Waals surface area (Å²) in [7, 11) is 0. The van der Waals surface area contributed by atoms with Crippen LogP contribution >= 0.6 is 15.9 Å². The summed E-state index contributed by atoms with van der Waals surface area (Å²) in [6.07, 6.45) is 2.86. The van der Waals surface area contributed by atoms with E-state index in [2.05, 4.69) is 47.9 Å². The van der Waals surface area contributed by atoms with Crippen molar-refractivity contribution in [3.05, 3.63) is 10.7 Å². The number of hydrogen-bond acceptors (Lipinski definition) is 6. The minimum absolute atomic E-state index is 0.224. The fraction of sp³-hybridized carbons (Fsp3) is 0.692. The molecule has 1 aliphatic heterocycles. The first-order valence-corrected chi connectivity index (χ1v) is 7.88. The topological polar surface area (TPSA) is 64.5 Å². The van der Waals surface area contributed by atoms with Crippen molar-refractivity contribution >= 4 is 27.7 Å². The zero-order chi connectivity index (χ0) is 14.4. The second kappa shape index (κ2) is 7.75. The Balaban J connectivity index is 2.01. The normalized spacial score (nSPS) is 16.4. The molecular weight excluding hydrogens is 322 g/mol. The van der Waals surface area contributed by atoms with Crippen molar-refractivity contribution in [3.63, 3.8) is 0 Å². The third-order valence-corrected chi connectivity index (χ3v) is 3.91. The molecule has 0 aromatic carbocycles. The Morgan fingerprint density at radius 1 is 1.35 bits per heavy atom. The molecule has 1 aromatic heterocycles. The van der Waals surface area contributed by atoms with Crippen molar-refractivity contribution in [2.45, 2.75) is 13.3 Å². The third-order valence-electron chi connectivity index (χ3n) is 3.35. The van der Waals surface area contributed by atoms with Crippen molar-refractivity contribution in [3.8, 4) is 0 Å². The first kappa shape index (κ1) is 15.5. The maximum absolute atomic E-state index is 8.97. The van der Waals surface area contributed by atoms with E-state index in [1.165, 1.54) is 0 Å². The highest BCUT2D eigenvalue weighted by Gasteiger charge is 2.20. The summed E-state index contributed by atoms with van der Waals surface area (Å²) < 4.78 is 0.926. The largest absolute Gasteiger partial charge is 0.395 e. The smallest absolute Gasteiger partial charge is 0.224 e. The molecular formula is C13H22BrN5O. The molecule has 0 amide bonds. The molecule has 0 spiro atoms. The standard InChI is InChI=1S/C13H22BrN5O/c1-2-3-15-13-16-10-11(14)12(17-13)19-6-4-18(5-7-19)8-9-20/h10,20H,2-9H2,1H3,(H,15,16,17). The summed E-state index contributed by atoms with van der Waals surface area (Å²) >= 11 is 3.53. The van der Waals surface area contributed by atoms with Gasteiger partial charge in [-0.05, 0) is 22.4 Å². The lowest BCUT2D eigenvalue weighted by Gasteiger charge is -2.35. The van der Waals surface area contributed by atoms with Gasteiger partial charge in [0.15, 0.2) is 0 Å². The van der Waals surface area contributed by atoms with Crippen molar-refractivity contribution in [2.75, 3.05) is 56.1 Å². The van der Waals surface area contributed by atoms with E-state index < -0.39 is 0 Å². The highest BCUT2D eigenvalue weighted by molar-refractivity contribution is 9.10. The van der Waals surface area contributed by atoms with Gasteiger partial charge in [0.2, 0.25) is 5.95 Å². The number of halogens is 1. The quantitative estimate of drug-likeness (QED) is 0.808. The van der Waals surface area contributed by atoms with Gasteiger partial charge in [0.25, 0.3) is 0 Å². The predicted octanol–water partition coefficient (Wildman–Crippen LogP) is 1.18. The summed E-state index contributed by atoms with van der Waals surface area (Å²) in [4.78, 5) is 13.4. The lowest BCUT2D eigenvalue weighted by molar-refractivity contribution is 0.188. The number of nitrogens with one attached hydrogen (secondary N) is 1. The van der Waals surface area contributed by atoms with E-state index in [0.717, 1.165) is 56.0 Å². The molecule has 2 N–H and O–H groups in total. The average molecular weight is 344 g/mol. The molecule has 0 radical (unpaired) electrons. The summed E-state index contributed by atoms with van der Waals surface area (Å²) in [6.45, 7) is 7.72. The third kappa shape index (κ3) is 4.04. The van der Waals surface area contributed by atoms with Crippen LogP contribution in [-0.4, -0.2) is 65.8 Å². The van der Waals surface area contributed by atoms with Crippen molar-refractivity contribution in [2.24, 2.45) is 0 Å². The molecule has 0 bridgehead atoms. The van der Waals surface area contributed by atoms with Crippen molar-refractivity contribution < 1.29 is 5.11 Å². The van der Waals surface area contributed by atoms with E-state index in [9.17, 15) is 0 Å². The number of rotatable bonds is 6. The van der Waals surface area contributed by atoms with Gasteiger partial charge in [-0.15, -0.1) is 0 Å². The van der Waals surface area contributed by atoms with E-state index in [0.29, 0.717) is 5.95 Å². The number of aliphatic hydroxyl groups is 1. The van der Waals surface area contributed by atoms with E-state index in [1.54, 1.807) is 6.20 Å². The van der Waals surface area contributed by atoms with Crippen LogP contribution in [0.5, 0.6) is 0 Å². The van der Waals surface area contributed by atoms with Crippen LogP contribution in [0, 0.1) is 0 Å². The molecule has 0 atom stereocenters. The van der Waals surface area contributed by atoms with E-state index in [1.807, 2.05) is 0 Å². The Morgan fingerprint density at radius 2 is 2.10 bits per heavy atom. The zero-order valence-electron chi connectivity index (χ0n) is 11.8. The van der Waals surface area contributed by atoms with E-state index >= 15 is 0 Å². The van der Waals surface area contributed by atoms with Gasteiger partial charge in [0.1, 0.15) is 5.82 Å². The van der Waals surface area contributed by atoms with Gasteiger partial charge in [0, 0.05) is 45.5 Å². The lowest BCUT2D eigenvalue weighted by Crippen LogP contribution is -2.47. The molecule has 0 saturated carbocycles.